The van der Waals surface area contributed by atoms with Gasteiger partial charge in [-0.3, -0.25) is 9.78 Å². The zero-order chi connectivity index (χ0) is 26.8. The number of anilines is 1. The van der Waals surface area contributed by atoms with Gasteiger partial charge in [-0.1, -0.05) is 39.7 Å². The predicted octanol–water partition coefficient (Wildman–Crippen LogP) is 6.56. The molecule has 0 aliphatic carbocycles. The Morgan fingerprint density at radius 1 is 1.05 bits per heavy atom. The van der Waals surface area contributed by atoms with Gasteiger partial charge in [-0.05, 0) is 93.1 Å². The van der Waals surface area contributed by atoms with Gasteiger partial charge < -0.3 is 20.1 Å². The van der Waals surface area contributed by atoms with Crippen LogP contribution in [0.1, 0.15) is 46.7 Å². The zero-order valence-electron chi connectivity index (χ0n) is 21.6. The molecule has 2 N–H and O–H groups in total. The minimum atomic E-state index is -0.136. The zero-order valence-corrected chi connectivity index (χ0v) is 24.0. The third-order valence-corrected chi connectivity index (χ3v) is 7.87. The monoisotopic (exact) mass is 587 g/mol. The Labute approximate surface area is 237 Å². The van der Waals surface area contributed by atoms with Crippen molar-refractivity contribution in [3.8, 4) is 5.69 Å². The topological polar surface area (TPSA) is 62.2 Å². The number of nitrogens with one attached hydrogen (secondary N) is 2. The minimum absolute atomic E-state index is 0.0444. The third kappa shape index (κ3) is 5.37. The summed E-state index contributed by atoms with van der Waals surface area (Å²) in [5.74, 6) is -0.0444. The molecule has 1 fully saturated rings. The lowest BCUT2D eigenvalue weighted by Gasteiger charge is -2.28. The predicted molar refractivity (Wildman–Crippen MR) is 160 cm³/mol. The first-order valence-electron chi connectivity index (χ1n) is 12.6. The fourth-order valence-corrected chi connectivity index (χ4v) is 5.74. The van der Waals surface area contributed by atoms with Crippen molar-refractivity contribution >= 4 is 44.9 Å². The Balaban J connectivity index is 1.46. The lowest BCUT2D eigenvalue weighted by Crippen LogP contribution is -2.32. The summed E-state index contributed by atoms with van der Waals surface area (Å²) in [7, 11) is 0. The molecule has 1 aliphatic rings. The molecule has 2 aromatic carbocycles. The highest BCUT2D eigenvalue weighted by Gasteiger charge is 2.41. The van der Waals surface area contributed by atoms with Gasteiger partial charge in [0, 0.05) is 46.4 Å². The first-order valence-corrected chi connectivity index (χ1v) is 13.8. The van der Waals surface area contributed by atoms with E-state index >= 15 is 0 Å². The summed E-state index contributed by atoms with van der Waals surface area (Å²) in [6, 6.07) is 24.1. The molecule has 6 nitrogen and oxygen atoms in total. The van der Waals surface area contributed by atoms with E-state index in [0.29, 0.717) is 18.1 Å². The van der Waals surface area contributed by atoms with Crippen molar-refractivity contribution < 1.29 is 4.79 Å². The van der Waals surface area contributed by atoms with Crippen molar-refractivity contribution in [3.05, 3.63) is 112 Å². The van der Waals surface area contributed by atoms with Crippen LogP contribution in [-0.4, -0.2) is 32.0 Å². The molecule has 2 atom stereocenters. The number of amides is 1. The molecule has 38 heavy (non-hydrogen) atoms. The number of benzene rings is 2. The van der Waals surface area contributed by atoms with E-state index in [1.54, 1.807) is 6.20 Å². The second kappa shape index (κ2) is 11.1. The van der Waals surface area contributed by atoms with E-state index < -0.39 is 0 Å². The average Bonchev–Trinajstić information content (AvgIpc) is 3.39. The molecule has 1 amide bonds. The number of carbonyl (C=O) groups is 1. The van der Waals surface area contributed by atoms with Crippen molar-refractivity contribution in [3.63, 3.8) is 0 Å². The number of halogens is 1. The number of thiocarbonyl (C=S) groups is 1. The maximum Gasteiger partial charge on any atom is 0.226 e. The fraction of sp³-hybridized carbons (Fsp3) is 0.233. The number of carbonyl (C=O) groups excluding carboxylic acids is 1. The Bertz CT molecular complexity index is 1450. The molecule has 3 heterocycles. The minimum Gasteiger partial charge on any atom is -0.352 e. The maximum atomic E-state index is 12.9. The molecule has 2 aromatic heterocycles. The SMILES string of the molecule is Cc1ccc(NC(=O)CCN2C(=S)NC(c3ccccn3)C2c2cc(C)n(-c3ccc(Br)cc3)c2C)cc1. The van der Waals surface area contributed by atoms with E-state index in [9.17, 15) is 4.79 Å². The van der Waals surface area contributed by atoms with Crippen LogP contribution in [0.3, 0.4) is 0 Å². The lowest BCUT2D eigenvalue weighted by molar-refractivity contribution is -0.116. The molecule has 0 bridgehead atoms. The number of nitrogens with zero attached hydrogens (tertiary/aromatic N) is 3. The van der Waals surface area contributed by atoms with Gasteiger partial charge in [-0.15, -0.1) is 0 Å². The van der Waals surface area contributed by atoms with Gasteiger partial charge in [0.2, 0.25) is 5.91 Å². The molecule has 1 aliphatic heterocycles. The van der Waals surface area contributed by atoms with Crippen molar-refractivity contribution in [2.45, 2.75) is 39.3 Å². The van der Waals surface area contributed by atoms with Crippen LogP contribution in [0.15, 0.2) is 83.5 Å². The van der Waals surface area contributed by atoms with Gasteiger partial charge in [-0.2, -0.15) is 0 Å². The number of aromatic nitrogens is 2. The van der Waals surface area contributed by atoms with Gasteiger partial charge >= 0.3 is 0 Å². The molecule has 5 rings (SSSR count). The Morgan fingerprint density at radius 3 is 2.47 bits per heavy atom. The van der Waals surface area contributed by atoms with E-state index in [1.165, 1.54) is 0 Å². The Kier molecular flexibility index (Phi) is 7.63. The standard InChI is InChI=1S/C30H30BrN5OS/c1-19-7-11-23(12-8-19)33-27(37)15-17-35-29(28(34-30(35)38)26-6-4-5-16-32-26)25-18-20(2)36(21(25)3)24-13-9-22(31)10-14-24/h4-14,16,18,28-29H,15,17H2,1-3H3,(H,33,37)(H,34,38). The molecule has 1 saturated heterocycles. The number of hydrogen-bond donors (Lipinski definition) is 2. The number of rotatable bonds is 7. The first kappa shape index (κ1) is 26.1. The highest BCUT2D eigenvalue weighted by molar-refractivity contribution is 9.10. The van der Waals surface area contributed by atoms with Crippen LogP contribution in [-0.2, 0) is 4.79 Å². The highest BCUT2D eigenvalue weighted by atomic mass is 79.9. The molecule has 0 spiro atoms. The molecule has 0 radical (unpaired) electrons. The molecule has 0 saturated carbocycles. The van der Waals surface area contributed by atoms with Gasteiger partial charge in [0.05, 0.1) is 17.8 Å². The van der Waals surface area contributed by atoms with Gasteiger partial charge in [-0.25, -0.2) is 0 Å². The molecule has 4 aromatic rings. The second-order valence-corrected chi connectivity index (χ2v) is 10.9. The van der Waals surface area contributed by atoms with E-state index in [2.05, 4.69) is 85.2 Å². The van der Waals surface area contributed by atoms with E-state index in [-0.39, 0.29) is 18.0 Å². The normalized spacial score (nSPS) is 16.9. The van der Waals surface area contributed by atoms with Crippen LogP contribution in [0.25, 0.3) is 5.69 Å². The van der Waals surface area contributed by atoms with Crippen LogP contribution < -0.4 is 10.6 Å². The number of pyridine rings is 1. The van der Waals surface area contributed by atoms with Gasteiger partial charge in [0.15, 0.2) is 5.11 Å². The van der Waals surface area contributed by atoms with Crippen LogP contribution in [0, 0.1) is 20.8 Å². The van der Waals surface area contributed by atoms with Crippen molar-refractivity contribution in [1.29, 1.82) is 0 Å². The van der Waals surface area contributed by atoms with E-state index in [1.807, 2.05) is 49.4 Å². The fourth-order valence-electron chi connectivity index (χ4n) is 5.14. The van der Waals surface area contributed by atoms with Crippen molar-refractivity contribution in [2.75, 3.05) is 11.9 Å². The first-order chi connectivity index (χ1) is 18.3. The maximum absolute atomic E-state index is 12.9. The van der Waals surface area contributed by atoms with Crippen LogP contribution in [0.2, 0.25) is 0 Å². The summed E-state index contributed by atoms with van der Waals surface area (Å²) < 4.78 is 3.31. The van der Waals surface area contributed by atoms with Crippen molar-refractivity contribution in [1.82, 2.24) is 19.8 Å². The molecule has 2 unspecified atom stereocenters. The summed E-state index contributed by atoms with van der Waals surface area (Å²) in [5.41, 5.74) is 7.39. The summed E-state index contributed by atoms with van der Waals surface area (Å²) >= 11 is 9.36. The van der Waals surface area contributed by atoms with Gasteiger partial charge in [0.1, 0.15) is 0 Å². The summed E-state index contributed by atoms with van der Waals surface area (Å²) in [4.78, 5) is 19.7. The van der Waals surface area contributed by atoms with Gasteiger partial charge in [0.25, 0.3) is 0 Å². The summed E-state index contributed by atoms with van der Waals surface area (Å²) in [6.45, 7) is 6.77. The summed E-state index contributed by atoms with van der Waals surface area (Å²) in [6.07, 6.45) is 2.12. The molecule has 8 heteroatoms. The third-order valence-electron chi connectivity index (χ3n) is 6.99. The quantitative estimate of drug-likeness (QED) is 0.240. The smallest absolute Gasteiger partial charge is 0.226 e. The Hall–Kier alpha value is -3.49. The van der Waals surface area contributed by atoms with E-state index in [0.717, 1.165) is 44.1 Å². The lowest BCUT2D eigenvalue weighted by atomic mass is 9.96. The molecular formula is C30H30BrN5OS. The second-order valence-electron chi connectivity index (χ2n) is 9.62. The van der Waals surface area contributed by atoms with Crippen LogP contribution in [0.4, 0.5) is 5.69 Å². The highest BCUT2D eigenvalue weighted by Crippen LogP contribution is 2.41. The Morgan fingerprint density at radius 2 is 1.79 bits per heavy atom. The number of aryl methyl sites for hydroxylation is 2. The molecular weight excluding hydrogens is 558 g/mol. The van der Waals surface area contributed by atoms with Crippen LogP contribution >= 0.6 is 28.1 Å². The van der Waals surface area contributed by atoms with E-state index in [4.69, 9.17) is 12.2 Å². The average molecular weight is 589 g/mol. The summed E-state index contributed by atoms with van der Waals surface area (Å²) in [5, 5.41) is 7.13. The number of hydrogen-bond acceptors (Lipinski definition) is 3. The van der Waals surface area contributed by atoms with Crippen molar-refractivity contribution in [2.24, 2.45) is 0 Å². The molecule has 194 valence electrons. The van der Waals surface area contributed by atoms with Crippen LogP contribution in [0.5, 0.6) is 0 Å². The largest absolute Gasteiger partial charge is 0.352 e.